The van der Waals surface area contributed by atoms with Crippen molar-refractivity contribution in [3.8, 4) is 5.75 Å². The van der Waals surface area contributed by atoms with Crippen molar-refractivity contribution in [2.45, 2.75) is 6.10 Å². The zero-order valence-corrected chi connectivity index (χ0v) is 8.68. The second-order valence-corrected chi connectivity index (χ2v) is 3.13. The molecular formula is C10H9FO6. The first-order chi connectivity index (χ1) is 7.88. The molecule has 1 unspecified atom stereocenters. The average molecular weight is 244 g/mol. The van der Waals surface area contributed by atoms with E-state index in [2.05, 4.69) is 4.74 Å². The van der Waals surface area contributed by atoms with Gasteiger partial charge in [-0.15, -0.1) is 0 Å². The fourth-order valence-corrected chi connectivity index (χ4v) is 1.28. The van der Waals surface area contributed by atoms with Gasteiger partial charge in [-0.3, -0.25) is 0 Å². The molecule has 0 fully saturated rings. The van der Waals surface area contributed by atoms with Gasteiger partial charge in [-0.1, -0.05) is 0 Å². The summed E-state index contributed by atoms with van der Waals surface area (Å²) in [6.45, 7) is 0. The molecule has 92 valence electrons. The first kappa shape index (κ1) is 12.9. The van der Waals surface area contributed by atoms with Gasteiger partial charge in [0.15, 0.2) is 17.7 Å². The summed E-state index contributed by atoms with van der Waals surface area (Å²) < 4.78 is 18.0. The molecule has 17 heavy (non-hydrogen) atoms. The molecule has 0 bridgehead atoms. The minimum absolute atomic E-state index is 0.367. The Balaban J connectivity index is 3.39. The third-order valence-electron chi connectivity index (χ3n) is 2.05. The highest BCUT2D eigenvalue weighted by Crippen LogP contribution is 2.27. The molecule has 0 saturated carbocycles. The molecule has 0 aliphatic carbocycles. The van der Waals surface area contributed by atoms with Crippen LogP contribution < -0.4 is 4.74 Å². The van der Waals surface area contributed by atoms with E-state index in [1.54, 1.807) is 0 Å². The molecule has 1 rings (SSSR count). The number of methoxy groups -OCH3 is 1. The van der Waals surface area contributed by atoms with Crippen LogP contribution in [0.3, 0.4) is 0 Å². The minimum Gasteiger partial charge on any atom is -0.493 e. The third kappa shape index (κ3) is 2.51. The van der Waals surface area contributed by atoms with Gasteiger partial charge in [-0.2, -0.15) is 0 Å². The van der Waals surface area contributed by atoms with E-state index in [1.165, 1.54) is 0 Å². The van der Waals surface area contributed by atoms with Crippen LogP contribution in [0.5, 0.6) is 5.75 Å². The quantitative estimate of drug-likeness (QED) is 0.718. The second-order valence-electron chi connectivity index (χ2n) is 3.13. The Labute approximate surface area is 94.9 Å². The maximum absolute atomic E-state index is 13.4. The summed E-state index contributed by atoms with van der Waals surface area (Å²) in [6, 6.07) is 1.56. The fourth-order valence-electron chi connectivity index (χ4n) is 1.28. The summed E-state index contributed by atoms with van der Waals surface area (Å²) in [5, 5.41) is 26.5. The number of benzene rings is 1. The number of aliphatic hydroxyl groups excluding tert-OH is 1. The van der Waals surface area contributed by atoms with Crippen LogP contribution in [0.2, 0.25) is 0 Å². The van der Waals surface area contributed by atoms with Gasteiger partial charge in [0.1, 0.15) is 5.56 Å². The number of aliphatic carboxylic acids is 1. The highest BCUT2D eigenvalue weighted by molar-refractivity contribution is 5.91. The molecule has 1 atom stereocenters. The van der Waals surface area contributed by atoms with E-state index in [9.17, 15) is 19.1 Å². The summed E-state index contributed by atoms with van der Waals surface area (Å²) >= 11 is 0. The number of aromatic carboxylic acids is 1. The van der Waals surface area contributed by atoms with E-state index in [1.807, 2.05) is 0 Å². The van der Waals surface area contributed by atoms with Gasteiger partial charge in [-0.05, 0) is 17.7 Å². The van der Waals surface area contributed by atoms with Crippen molar-refractivity contribution < 1.29 is 34.0 Å². The number of carboxylic acid groups (broad SMARTS) is 2. The Morgan fingerprint density at radius 1 is 1.35 bits per heavy atom. The number of rotatable bonds is 4. The molecule has 0 radical (unpaired) electrons. The number of ether oxygens (including phenoxy) is 1. The first-order valence-electron chi connectivity index (χ1n) is 4.40. The van der Waals surface area contributed by atoms with Crippen molar-refractivity contribution in [1.29, 1.82) is 0 Å². The van der Waals surface area contributed by atoms with Gasteiger partial charge in [0.25, 0.3) is 0 Å². The molecule has 0 saturated heterocycles. The molecule has 7 heteroatoms. The van der Waals surface area contributed by atoms with Gasteiger partial charge in [0, 0.05) is 0 Å². The molecule has 3 N–H and O–H groups in total. The molecule has 1 aromatic carbocycles. The summed E-state index contributed by atoms with van der Waals surface area (Å²) in [4.78, 5) is 21.3. The van der Waals surface area contributed by atoms with Crippen molar-refractivity contribution in [3.63, 3.8) is 0 Å². The molecule has 0 heterocycles. The van der Waals surface area contributed by atoms with Crippen molar-refractivity contribution in [2.75, 3.05) is 7.11 Å². The highest BCUT2D eigenvalue weighted by Gasteiger charge is 2.23. The molecule has 0 aliphatic heterocycles. The van der Waals surface area contributed by atoms with Gasteiger partial charge in [0.05, 0.1) is 7.11 Å². The molecule has 0 aromatic heterocycles. The Bertz CT molecular complexity index is 470. The number of carboxylic acids is 2. The van der Waals surface area contributed by atoms with E-state index >= 15 is 0 Å². The van der Waals surface area contributed by atoms with Crippen molar-refractivity contribution in [3.05, 3.63) is 29.1 Å². The van der Waals surface area contributed by atoms with Gasteiger partial charge >= 0.3 is 11.9 Å². The lowest BCUT2D eigenvalue weighted by molar-refractivity contribution is -0.146. The molecule has 1 aromatic rings. The van der Waals surface area contributed by atoms with Crippen LogP contribution in [0.25, 0.3) is 0 Å². The highest BCUT2D eigenvalue weighted by atomic mass is 19.1. The summed E-state index contributed by atoms with van der Waals surface area (Å²) in [5.74, 6) is -4.66. The lowest BCUT2D eigenvalue weighted by atomic mass is 10.0. The summed E-state index contributed by atoms with van der Waals surface area (Å²) in [5.41, 5.74) is -0.920. The van der Waals surface area contributed by atoms with E-state index in [0.29, 0.717) is 6.07 Å². The normalized spacial score (nSPS) is 11.9. The van der Waals surface area contributed by atoms with E-state index < -0.39 is 35.2 Å². The second kappa shape index (κ2) is 4.79. The lowest BCUT2D eigenvalue weighted by Crippen LogP contribution is -2.13. The number of halogens is 1. The predicted molar refractivity (Wildman–Crippen MR) is 52.5 cm³/mol. The Morgan fingerprint density at radius 2 is 1.94 bits per heavy atom. The fraction of sp³-hybridized carbons (Fsp3) is 0.200. The van der Waals surface area contributed by atoms with Crippen LogP contribution in [-0.4, -0.2) is 34.4 Å². The van der Waals surface area contributed by atoms with Crippen LogP contribution >= 0.6 is 0 Å². The van der Waals surface area contributed by atoms with Crippen molar-refractivity contribution >= 4 is 11.9 Å². The number of carbonyl (C=O) groups is 2. The predicted octanol–water partition coefficient (Wildman–Crippen LogP) is 0.650. The van der Waals surface area contributed by atoms with Crippen LogP contribution in [-0.2, 0) is 4.79 Å². The molecule has 0 spiro atoms. The minimum atomic E-state index is -1.99. The Kier molecular flexibility index (Phi) is 3.64. The van der Waals surface area contributed by atoms with Crippen molar-refractivity contribution in [1.82, 2.24) is 0 Å². The first-order valence-corrected chi connectivity index (χ1v) is 4.40. The zero-order valence-electron chi connectivity index (χ0n) is 8.68. The van der Waals surface area contributed by atoms with E-state index in [4.69, 9.17) is 10.2 Å². The molecule has 6 nitrogen and oxygen atoms in total. The summed E-state index contributed by atoms with van der Waals surface area (Å²) in [7, 11) is 1.08. The Hall–Kier alpha value is -2.15. The standard InChI is InChI=1S/C10H9FO6/c1-17-8-5(9(13)14)2-4(3-6(8)11)7(12)10(15)16/h2-3,7,12H,1H3,(H,13,14)(H,15,16). The van der Waals surface area contributed by atoms with E-state index in [0.717, 1.165) is 13.2 Å². The number of hydrogen-bond donors (Lipinski definition) is 3. The number of hydrogen-bond acceptors (Lipinski definition) is 4. The third-order valence-corrected chi connectivity index (χ3v) is 2.05. The molecular weight excluding hydrogens is 235 g/mol. The zero-order chi connectivity index (χ0) is 13.2. The monoisotopic (exact) mass is 244 g/mol. The number of aliphatic hydroxyl groups is 1. The average Bonchev–Trinajstić information content (AvgIpc) is 2.26. The van der Waals surface area contributed by atoms with Crippen molar-refractivity contribution in [2.24, 2.45) is 0 Å². The van der Waals surface area contributed by atoms with Crippen LogP contribution in [0, 0.1) is 5.82 Å². The van der Waals surface area contributed by atoms with Gasteiger partial charge in [-0.25, -0.2) is 14.0 Å². The SMILES string of the molecule is COc1c(F)cc(C(O)C(=O)O)cc1C(=O)O. The van der Waals surface area contributed by atoms with Crippen LogP contribution in [0.1, 0.15) is 22.0 Å². The summed E-state index contributed by atoms with van der Waals surface area (Å²) in [6.07, 6.45) is -1.99. The lowest BCUT2D eigenvalue weighted by Gasteiger charge is -2.11. The molecule has 0 amide bonds. The van der Waals surface area contributed by atoms with Crippen LogP contribution in [0.15, 0.2) is 12.1 Å². The smallest absolute Gasteiger partial charge is 0.339 e. The van der Waals surface area contributed by atoms with E-state index in [-0.39, 0.29) is 5.56 Å². The largest absolute Gasteiger partial charge is 0.493 e. The maximum Gasteiger partial charge on any atom is 0.339 e. The maximum atomic E-state index is 13.4. The van der Waals surface area contributed by atoms with Gasteiger partial charge in [0.2, 0.25) is 0 Å². The topological polar surface area (TPSA) is 104 Å². The molecule has 0 aliphatic rings. The van der Waals surface area contributed by atoms with Gasteiger partial charge < -0.3 is 20.1 Å². The Morgan fingerprint density at radius 3 is 2.35 bits per heavy atom. The van der Waals surface area contributed by atoms with Crippen LogP contribution in [0.4, 0.5) is 4.39 Å².